The van der Waals surface area contributed by atoms with E-state index in [1.54, 1.807) is 42.5 Å². The molecule has 4 rings (SSSR count). The quantitative estimate of drug-likeness (QED) is 0.709. The molecule has 8 nitrogen and oxygen atoms in total. The number of anilines is 2. The molecule has 0 atom stereocenters. The molecule has 144 valence electrons. The van der Waals surface area contributed by atoms with Crippen molar-refractivity contribution in [2.45, 2.75) is 9.79 Å². The van der Waals surface area contributed by atoms with Gasteiger partial charge >= 0.3 is 0 Å². The molecule has 2 aromatic heterocycles. The zero-order valence-corrected chi connectivity index (χ0v) is 15.8. The molecule has 0 radical (unpaired) electrons. The maximum absolute atomic E-state index is 13.2. The molecule has 2 N–H and O–H groups in total. The van der Waals surface area contributed by atoms with Gasteiger partial charge < -0.3 is 15.4 Å². The lowest BCUT2D eigenvalue weighted by molar-refractivity contribution is 0.122. The minimum atomic E-state index is -3.70. The molecule has 1 fully saturated rings. The highest BCUT2D eigenvalue weighted by Crippen LogP contribution is 2.29. The van der Waals surface area contributed by atoms with Crippen LogP contribution in [0.1, 0.15) is 0 Å². The van der Waals surface area contributed by atoms with Crippen LogP contribution >= 0.6 is 0 Å². The van der Waals surface area contributed by atoms with Crippen LogP contribution in [0.25, 0.3) is 11.3 Å². The standard InChI is InChI=1S/C19H19N5O3S/c20-19-21-12-14(13-22-19)17-10-16(28(25,26)15-4-2-1-3-5-15)11-18(23-17)24-6-8-27-9-7-24/h1-5,10-13H,6-9H2,(H2,20,21,22). The molecule has 28 heavy (non-hydrogen) atoms. The molecule has 3 heterocycles. The Morgan fingerprint density at radius 3 is 2.32 bits per heavy atom. The first-order valence-electron chi connectivity index (χ1n) is 8.77. The van der Waals surface area contributed by atoms with E-state index in [9.17, 15) is 8.42 Å². The molecule has 1 saturated heterocycles. The molecule has 0 bridgehead atoms. The van der Waals surface area contributed by atoms with E-state index in [-0.39, 0.29) is 15.7 Å². The SMILES string of the molecule is Nc1ncc(-c2cc(S(=O)(=O)c3ccccc3)cc(N3CCOCC3)n2)cn1. The third kappa shape index (κ3) is 3.67. The van der Waals surface area contributed by atoms with Crippen LogP contribution in [-0.4, -0.2) is 49.7 Å². The number of pyridine rings is 1. The summed E-state index contributed by atoms with van der Waals surface area (Å²) < 4.78 is 31.8. The van der Waals surface area contributed by atoms with Crippen molar-refractivity contribution in [1.82, 2.24) is 15.0 Å². The summed E-state index contributed by atoms with van der Waals surface area (Å²) in [6.07, 6.45) is 3.07. The van der Waals surface area contributed by atoms with Crippen LogP contribution < -0.4 is 10.6 Å². The highest BCUT2D eigenvalue weighted by atomic mass is 32.2. The number of aromatic nitrogens is 3. The Hall–Kier alpha value is -3.04. The number of nitrogens with zero attached hydrogens (tertiary/aromatic N) is 4. The molecule has 0 spiro atoms. The highest BCUT2D eigenvalue weighted by Gasteiger charge is 2.22. The number of nitrogen functional groups attached to an aromatic ring is 1. The second-order valence-electron chi connectivity index (χ2n) is 6.29. The lowest BCUT2D eigenvalue weighted by atomic mass is 10.2. The average Bonchev–Trinajstić information content (AvgIpc) is 2.75. The van der Waals surface area contributed by atoms with Crippen LogP contribution in [0.2, 0.25) is 0 Å². The molecular formula is C19H19N5O3S. The van der Waals surface area contributed by atoms with Crippen molar-refractivity contribution in [3.63, 3.8) is 0 Å². The van der Waals surface area contributed by atoms with Crippen molar-refractivity contribution in [3.8, 4) is 11.3 Å². The van der Waals surface area contributed by atoms with Crippen LogP contribution in [0.4, 0.5) is 11.8 Å². The number of hydrogen-bond acceptors (Lipinski definition) is 8. The number of hydrogen-bond donors (Lipinski definition) is 1. The molecule has 0 saturated carbocycles. The van der Waals surface area contributed by atoms with Crippen LogP contribution in [0.5, 0.6) is 0 Å². The largest absolute Gasteiger partial charge is 0.378 e. The van der Waals surface area contributed by atoms with E-state index in [2.05, 4.69) is 15.0 Å². The summed E-state index contributed by atoms with van der Waals surface area (Å²) in [7, 11) is -3.70. The Morgan fingerprint density at radius 1 is 0.964 bits per heavy atom. The zero-order chi connectivity index (χ0) is 19.6. The van der Waals surface area contributed by atoms with Crippen molar-refractivity contribution in [2.75, 3.05) is 36.9 Å². The summed E-state index contributed by atoms with van der Waals surface area (Å²) >= 11 is 0. The Bertz CT molecular complexity index is 1070. The highest BCUT2D eigenvalue weighted by molar-refractivity contribution is 7.91. The third-order valence-electron chi connectivity index (χ3n) is 4.45. The maximum atomic E-state index is 13.2. The third-order valence-corrected chi connectivity index (χ3v) is 6.20. The number of morpholine rings is 1. The molecule has 0 unspecified atom stereocenters. The summed E-state index contributed by atoms with van der Waals surface area (Å²) in [5.41, 5.74) is 6.63. The van der Waals surface area contributed by atoms with E-state index in [4.69, 9.17) is 10.5 Å². The number of rotatable bonds is 4. The van der Waals surface area contributed by atoms with Gasteiger partial charge in [0, 0.05) is 31.0 Å². The Labute approximate surface area is 162 Å². The summed E-state index contributed by atoms with van der Waals surface area (Å²) in [6.45, 7) is 2.41. The molecular weight excluding hydrogens is 378 g/mol. The second kappa shape index (κ2) is 7.53. The van der Waals surface area contributed by atoms with E-state index >= 15 is 0 Å². The molecule has 1 aliphatic rings. The van der Waals surface area contributed by atoms with Gasteiger partial charge in [0.05, 0.1) is 28.7 Å². The van der Waals surface area contributed by atoms with Gasteiger partial charge in [-0.2, -0.15) is 0 Å². The van der Waals surface area contributed by atoms with Gasteiger partial charge in [-0.1, -0.05) is 18.2 Å². The molecule has 3 aromatic rings. The minimum Gasteiger partial charge on any atom is -0.378 e. The smallest absolute Gasteiger partial charge is 0.219 e. The van der Waals surface area contributed by atoms with Crippen LogP contribution in [0.3, 0.4) is 0 Å². The predicted octanol–water partition coefficient (Wildman–Crippen LogP) is 1.79. The van der Waals surface area contributed by atoms with Gasteiger partial charge in [0.2, 0.25) is 15.8 Å². The van der Waals surface area contributed by atoms with Gasteiger partial charge in [-0.3, -0.25) is 0 Å². The molecule has 0 aliphatic carbocycles. The Kier molecular flexibility index (Phi) is 4.93. The van der Waals surface area contributed by atoms with Crippen molar-refractivity contribution in [1.29, 1.82) is 0 Å². The molecule has 1 aliphatic heterocycles. The normalized spacial score (nSPS) is 14.8. The van der Waals surface area contributed by atoms with E-state index < -0.39 is 9.84 Å². The summed E-state index contributed by atoms with van der Waals surface area (Å²) in [5.74, 6) is 0.720. The fraction of sp³-hybridized carbons (Fsp3) is 0.211. The van der Waals surface area contributed by atoms with Crippen LogP contribution in [0.15, 0.2) is 64.6 Å². The first kappa shape index (κ1) is 18.3. The van der Waals surface area contributed by atoms with Gasteiger partial charge in [-0.05, 0) is 24.3 Å². The predicted molar refractivity (Wildman–Crippen MR) is 105 cm³/mol. The van der Waals surface area contributed by atoms with Crippen LogP contribution in [-0.2, 0) is 14.6 Å². The number of benzene rings is 1. The van der Waals surface area contributed by atoms with Gasteiger partial charge in [-0.15, -0.1) is 0 Å². The second-order valence-corrected chi connectivity index (χ2v) is 8.24. The van der Waals surface area contributed by atoms with Crippen LogP contribution in [0, 0.1) is 0 Å². The van der Waals surface area contributed by atoms with Crippen molar-refractivity contribution in [2.24, 2.45) is 0 Å². The lowest BCUT2D eigenvalue weighted by Gasteiger charge is -2.28. The molecule has 9 heteroatoms. The number of nitrogens with two attached hydrogens (primary N) is 1. The molecule has 0 amide bonds. The van der Waals surface area contributed by atoms with E-state index in [1.807, 2.05) is 4.90 Å². The van der Waals surface area contributed by atoms with Gasteiger partial charge in [0.25, 0.3) is 0 Å². The fourth-order valence-electron chi connectivity index (χ4n) is 2.96. The number of ether oxygens (including phenoxy) is 1. The van der Waals surface area contributed by atoms with Gasteiger partial charge in [-0.25, -0.2) is 23.4 Å². The Morgan fingerprint density at radius 2 is 1.64 bits per heavy atom. The van der Waals surface area contributed by atoms with Gasteiger partial charge in [0.15, 0.2) is 0 Å². The average molecular weight is 397 g/mol. The van der Waals surface area contributed by atoms with E-state index in [0.717, 1.165) is 0 Å². The number of sulfone groups is 1. The van der Waals surface area contributed by atoms with Crippen molar-refractivity contribution >= 4 is 21.6 Å². The minimum absolute atomic E-state index is 0.144. The van der Waals surface area contributed by atoms with Crippen molar-refractivity contribution in [3.05, 3.63) is 54.9 Å². The van der Waals surface area contributed by atoms with E-state index in [1.165, 1.54) is 12.4 Å². The monoisotopic (exact) mass is 397 g/mol. The van der Waals surface area contributed by atoms with Gasteiger partial charge in [0.1, 0.15) is 5.82 Å². The maximum Gasteiger partial charge on any atom is 0.219 e. The molecule has 1 aromatic carbocycles. The Balaban J connectivity index is 1.85. The van der Waals surface area contributed by atoms with Crippen molar-refractivity contribution < 1.29 is 13.2 Å². The topological polar surface area (TPSA) is 111 Å². The first-order chi connectivity index (χ1) is 13.5. The summed E-state index contributed by atoms with van der Waals surface area (Å²) in [6, 6.07) is 11.5. The fourth-order valence-corrected chi connectivity index (χ4v) is 4.27. The van der Waals surface area contributed by atoms with E-state index in [0.29, 0.717) is 43.4 Å². The first-order valence-corrected chi connectivity index (χ1v) is 10.3. The zero-order valence-electron chi connectivity index (χ0n) is 15.0. The summed E-state index contributed by atoms with van der Waals surface area (Å²) in [5, 5.41) is 0. The summed E-state index contributed by atoms with van der Waals surface area (Å²) in [4.78, 5) is 15.0. The lowest BCUT2D eigenvalue weighted by Crippen LogP contribution is -2.36.